The number of hydrogen-bond acceptors (Lipinski definition) is 8. The van der Waals surface area contributed by atoms with Crippen LogP contribution in [0.2, 0.25) is 0 Å². The first-order valence-corrected chi connectivity index (χ1v) is 15.5. The van der Waals surface area contributed by atoms with Crippen molar-refractivity contribution < 1.29 is 23.1 Å². The largest absolute Gasteiger partial charge is 0.481 e. The van der Waals surface area contributed by atoms with Crippen molar-refractivity contribution in [3.8, 4) is 11.1 Å². The predicted octanol–water partition coefficient (Wildman–Crippen LogP) is 4.05. The lowest BCUT2D eigenvalue weighted by molar-refractivity contribution is -0.137. The van der Waals surface area contributed by atoms with Gasteiger partial charge in [-0.1, -0.05) is 12.1 Å². The standard InChI is InChI=1S/C26H30N6O5S3/c1-14-10-16(31-26(29)30)12-18(32-21(33)8-3-4-9-22(34)35)23(14)15-6-5-7-17(11-15)40(36,37)20-13-19(24(27)28)39-25(20)38-2/h5-7,10-13H,3-4,8-9H2,1-2H3,(H3,27,28)(H,32,33)(H,34,35)(H4,29,30,31). The third-order valence-electron chi connectivity index (χ3n) is 5.74. The molecule has 0 fully saturated rings. The number of aliphatic imine (C=N–C) groups is 1. The van der Waals surface area contributed by atoms with Crippen molar-refractivity contribution in [2.75, 3.05) is 11.6 Å². The number of thioether (sulfide) groups is 1. The highest BCUT2D eigenvalue weighted by Gasteiger charge is 2.26. The van der Waals surface area contributed by atoms with Gasteiger partial charge in [0.15, 0.2) is 5.96 Å². The minimum absolute atomic E-state index is 0.0326. The zero-order valence-corrected chi connectivity index (χ0v) is 24.3. The summed E-state index contributed by atoms with van der Waals surface area (Å²) in [6.07, 6.45) is 2.56. The molecule has 14 heteroatoms. The maximum atomic E-state index is 13.7. The molecule has 0 unspecified atom stereocenters. The number of hydrogen-bond donors (Lipinski definition) is 6. The number of carbonyl (C=O) groups excluding carboxylic acids is 1. The number of anilines is 1. The van der Waals surface area contributed by atoms with Crippen LogP contribution in [0.3, 0.4) is 0 Å². The van der Waals surface area contributed by atoms with Gasteiger partial charge in [0.1, 0.15) is 5.84 Å². The van der Waals surface area contributed by atoms with Gasteiger partial charge in [-0.2, -0.15) is 0 Å². The first kappa shape index (κ1) is 30.7. The third-order valence-corrected chi connectivity index (χ3v) is 10.1. The lowest BCUT2D eigenvalue weighted by Crippen LogP contribution is -2.22. The third kappa shape index (κ3) is 7.40. The van der Waals surface area contributed by atoms with Gasteiger partial charge in [-0.25, -0.2) is 13.4 Å². The van der Waals surface area contributed by atoms with E-state index in [1.165, 1.54) is 30.0 Å². The molecule has 2 aromatic carbocycles. The molecule has 11 nitrogen and oxygen atoms in total. The highest BCUT2D eigenvalue weighted by Crippen LogP contribution is 2.40. The molecule has 0 atom stereocenters. The van der Waals surface area contributed by atoms with E-state index >= 15 is 0 Å². The van der Waals surface area contributed by atoms with Crippen LogP contribution in [0, 0.1) is 12.3 Å². The molecule has 212 valence electrons. The molecule has 1 amide bonds. The topological polar surface area (TPSA) is 215 Å². The van der Waals surface area contributed by atoms with Crippen molar-refractivity contribution in [1.82, 2.24) is 0 Å². The molecule has 3 aromatic rings. The van der Waals surface area contributed by atoms with Crippen LogP contribution in [0.25, 0.3) is 11.1 Å². The molecule has 0 aliphatic rings. The Morgan fingerprint density at radius 2 is 1.80 bits per heavy atom. The Bertz CT molecular complexity index is 1590. The van der Waals surface area contributed by atoms with E-state index in [0.29, 0.717) is 50.0 Å². The fraction of sp³-hybridized carbons (Fsp3) is 0.231. The quantitative estimate of drug-likeness (QED) is 0.0762. The maximum absolute atomic E-state index is 13.7. The molecule has 1 aromatic heterocycles. The highest BCUT2D eigenvalue weighted by molar-refractivity contribution is 8.01. The van der Waals surface area contributed by atoms with Crippen LogP contribution in [0.15, 0.2) is 61.5 Å². The van der Waals surface area contributed by atoms with Crippen LogP contribution in [-0.4, -0.2) is 43.5 Å². The number of benzene rings is 2. The van der Waals surface area contributed by atoms with E-state index in [0.717, 1.165) is 11.3 Å². The first-order valence-electron chi connectivity index (χ1n) is 12.0. The molecule has 0 spiro atoms. The predicted molar refractivity (Wildman–Crippen MR) is 159 cm³/mol. The number of carbonyl (C=O) groups is 2. The lowest BCUT2D eigenvalue weighted by atomic mass is 9.97. The number of guanidine groups is 1. The Labute approximate surface area is 240 Å². The number of amidine groups is 1. The van der Waals surface area contributed by atoms with E-state index in [-0.39, 0.29) is 40.3 Å². The Balaban J connectivity index is 2.07. The van der Waals surface area contributed by atoms with Gasteiger partial charge in [-0.3, -0.25) is 15.0 Å². The van der Waals surface area contributed by atoms with Crippen molar-refractivity contribution in [1.29, 1.82) is 5.41 Å². The summed E-state index contributed by atoms with van der Waals surface area (Å²) in [4.78, 5) is 28.1. The summed E-state index contributed by atoms with van der Waals surface area (Å²) in [5.41, 5.74) is 19.3. The second kappa shape index (κ2) is 13.0. The molecule has 0 bridgehead atoms. The van der Waals surface area contributed by atoms with Gasteiger partial charge in [0.25, 0.3) is 0 Å². The number of nitrogen functional groups attached to an aromatic ring is 1. The van der Waals surface area contributed by atoms with Crippen molar-refractivity contribution in [3.05, 3.63) is 52.9 Å². The Morgan fingerprint density at radius 1 is 1.10 bits per heavy atom. The normalized spacial score (nSPS) is 11.2. The number of unbranched alkanes of at least 4 members (excludes halogenated alkanes) is 1. The van der Waals surface area contributed by atoms with E-state index < -0.39 is 15.8 Å². The molecule has 40 heavy (non-hydrogen) atoms. The van der Waals surface area contributed by atoms with Gasteiger partial charge in [0, 0.05) is 18.4 Å². The Kier molecular flexibility index (Phi) is 9.95. The number of carboxylic acid groups (broad SMARTS) is 1. The van der Waals surface area contributed by atoms with Gasteiger partial charge in [0.05, 0.1) is 30.3 Å². The van der Waals surface area contributed by atoms with Gasteiger partial charge in [0.2, 0.25) is 15.7 Å². The molecule has 0 saturated heterocycles. The van der Waals surface area contributed by atoms with Crippen LogP contribution >= 0.6 is 23.1 Å². The fourth-order valence-corrected chi connectivity index (χ4v) is 7.91. The molecule has 0 radical (unpaired) electrons. The van der Waals surface area contributed by atoms with Gasteiger partial charge in [-0.05, 0) is 67.5 Å². The summed E-state index contributed by atoms with van der Waals surface area (Å²) in [7, 11) is -3.97. The van der Waals surface area contributed by atoms with E-state index in [1.54, 1.807) is 37.4 Å². The van der Waals surface area contributed by atoms with Crippen LogP contribution in [0.1, 0.15) is 36.1 Å². The average Bonchev–Trinajstić information content (AvgIpc) is 3.32. The summed E-state index contributed by atoms with van der Waals surface area (Å²) in [5.74, 6) is -1.65. The second-order valence-electron chi connectivity index (χ2n) is 8.78. The van der Waals surface area contributed by atoms with Crippen LogP contribution in [-0.2, 0) is 19.4 Å². The summed E-state index contributed by atoms with van der Waals surface area (Å²) < 4.78 is 27.9. The number of carboxylic acids is 1. The number of nitrogens with zero attached hydrogens (tertiary/aromatic N) is 1. The van der Waals surface area contributed by atoms with Crippen molar-refractivity contribution >= 4 is 68.0 Å². The zero-order valence-electron chi connectivity index (χ0n) is 21.9. The molecule has 9 N–H and O–H groups in total. The monoisotopic (exact) mass is 602 g/mol. The Morgan fingerprint density at radius 3 is 2.42 bits per heavy atom. The number of amides is 1. The summed E-state index contributed by atoms with van der Waals surface area (Å²) >= 11 is 2.40. The number of sulfone groups is 1. The number of thiophene rings is 1. The number of aliphatic carboxylic acids is 1. The highest BCUT2D eigenvalue weighted by atomic mass is 32.2. The number of nitrogens with one attached hydrogen (secondary N) is 2. The SMILES string of the molecule is CSc1sc(C(=N)N)cc1S(=O)(=O)c1cccc(-c2c(C)cc(N=C(N)N)cc2NC(=O)CCCCC(=O)O)c1. The lowest BCUT2D eigenvalue weighted by Gasteiger charge is -2.16. The maximum Gasteiger partial charge on any atom is 0.303 e. The van der Waals surface area contributed by atoms with Crippen molar-refractivity contribution in [2.45, 2.75) is 46.6 Å². The van der Waals surface area contributed by atoms with Gasteiger partial charge in [-0.15, -0.1) is 23.1 Å². The number of aryl methyl sites for hydroxylation is 1. The Hall–Kier alpha value is -3.88. The van der Waals surface area contributed by atoms with Crippen LogP contribution < -0.4 is 22.5 Å². The van der Waals surface area contributed by atoms with E-state index in [9.17, 15) is 18.0 Å². The smallest absolute Gasteiger partial charge is 0.303 e. The first-order chi connectivity index (χ1) is 18.8. The van der Waals surface area contributed by atoms with E-state index in [1.807, 2.05) is 0 Å². The molecule has 3 rings (SSSR count). The molecule has 0 aliphatic carbocycles. The van der Waals surface area contributed by atoms with E-state index in [4.69, 9.17) is 27.7 Å². The minimum Gasteiger partial charge on any atom is -0.481 e. The average molecular weight is 603 g/mol. The zero-order chi connectivity index (χ0) is 29.6. The number of rotatable bonds is 12. The van der Waals surface area contributed by atoms with E-state index in [2.05, 4.69) is 10.3 Å². The van der Waals surface area contributed by atoms with Gasteiger partial charge >= 0.3 is 5.97 Å². The van der Waals surface area contributed by atoms with Gasteiger partial charge < -0.3 is 27.6 Å². The molecule has 0 aliphatic heterocycles. The van der Waals surface area contributed by atoms with Crippen molar-refractivity contribution in [3.63, 3.8) is 0 Å². The molecular formula is C26H30N6O5S3. The molecule has 1 heterocycles. The molecule has 0 saturated carbocycles. The van der Waals surface area contributed by atoms with Crippen LogP contribution in [0.5, 0.6) is 0 Å². The van der Waals surface area contributed by atoms with Crippen LogP contribution in [0.4, 0.5) is 11.4 Å². The fourth-order valence-electron chi connectivity index (χ4n) is 4.00. The molecular weight excluding hydrogens is 573 g/mol. The second-order valence-corrected chi connectivity index (χ2v) is 12.8. The van der Waals surface area contributed by atoms with Crippen molar-refractivity contribution in [2.24, 2.45) is 22.2 Å². The number of nitrogens with two attached hydrogens (primary N) is 3. The summed E-state index contributed by atoms with van der Waals surface area (Å²) in [6, 6.07) is 11.1. The summed E-state index contributed by atoms with van der Waals surface area (Å²) in [5, 5.41) is 19.4. The summed E-state index contributed by atoms with van der Waals surface area (Å²) in [6.45, 7) is 1.79. The minimum atomic E-state index is -3.97.